The fourth-order valence-corrected chi connectivity index (χ4v) is 3.34. The average molecular weight is 316 g/mol. The SMILES string of the molecule is CS(=O)(=O)c1ccc(-c2nnsc2-c2ccccc2)cc1. The largest absolute Gasteiger partial charge is 0.224 e. The molecule has 3 aromatic rings. The van der Waals surface area contributed by atoms with Gasteiger partial charge in [-0.05, 0) is 29.2 Å². The van der Waals surface area contributed by atoms with Crippen molar-refractivity contribution >= 4 is 21.4 Å². The monoisotopic (exact) mass is 316 g/mol. The van der Waals surface area contributed by atoms with Crippen molar-refractivity contribution in [2.45, 2.75) is 4.90 Å². The zero-order chi connectivity index (χ0) is 14.9. The molecular formula is C15H12N2O2S2. The number of sulfone groups is 1. The summed E-state index contributed by atoms with van der Waals surface area (Å²) in [7, 11) is -3.18. The number of hydrogen-bond donors (Lipinski definition) is 0. The van der Waals surface area contributed by atoms with Crippen molar-refractivity contribution < 1.29 is 8.42 Å². The predicted octanol–water partition coefficient (Wildman–Crippen LogP) is 3.28. The Bertz CT molecular complexity index is 854. The van der Waals surface area contributed by atoms with Gasteiger partial charge in [0.2, 0.25) is 0 Å². The molecule has 0 amide bonds. The fraction of sp³-hybridized carbons (Fsp3) is 0.0667. The second kappa shape index (κ2) is 5.38. The van der Waals surface area contributed by atoms with E-state index in [0.29, 0.717) is 4.90 Å². The van der Waals surface area contributed by atoms with Gasteiger partial charge in [0, 0.05) is 11.8 Å². The van der Waals surface area contributed by atoms with E-state index in [-0.39, 0.29) is 0 Å². The van der Waals surface area contributed by atoms with E-state index in [0.717, 1.165) is 21.7 Å². The lowest BCUT2D eigenvalue weighted by Crippen LogP contribution is -1.96. The van der Waals surface area contributed by atoms with Gasteiger partial charge in [-0.1, -0.05) is 47.0 Å². The van der Waals surface area contributed by atoms with Gasteiger partial charge in [0.05, 0.1) is 9.77 Å². The zero-order valence-corrected chi connectivity index (χ0v) is 12.9. The summed E-state index contributed by atoms with van der Waals surface area (Å²) in [4.78, 5) is 1.28. The molecule has 0 spiro atoms. The van der Waals surface area contributed by atoms with Gasteiger partial charge < -0.3 is 0 Å². The van der Waals surface area contributed by atoms with Gasteiger partial charge in [0.15, 0.2) is 9.84 Å². The first-order valence-electron chi connectivity index (χ1n) is 6.24. The summed E-state index contributed by atoms with van der Waals surface area (Å²) in [6.07, 6.45) is 1.20. The molecule has 0 bridgehead atoms. The summed E-state index contributed by atoms with van der Waals surface area (Å²) in [6, 6.07) is 16.6. The summed E-state index contributed by atoms with van der Waals surface area (Å²) in [6.45, 7) is 0. The molecule has 0 saturated heterocycles. The Balaban J connectivity index is 2.05. The minimum Gasteiger partial charge on any atom is -0.224 e. The third kappa shape index (κ3) is 2.86. The molecule has 2 aromatic carbocycles. The molecule has 0 unspecified atom stereocenters. The first-order valence-corrected chi connectivity index (χ1v) is 8.90. The van der Waals surface area contributed by atoms with Crippen LogP contribution in [-0.2, 0) is 9.84 Å². The van der Waals surface area contributed by atoms with Crippen LogP contribution in [-0.4, -0.2) is 24.3 Å². The lowest BCUT2D eigenvalue weighted by atomic mass is 10.1. The van der Waals surface area contributed by atoms with Gasteiger partial charge in [-0.15, -0.1) is 5.10 Å². The molecule has 0 aliphatic carbocycles. The first-order chi connectivity index (χ1) is 10.1. The first kappa shape index (κ1) is 13.9. The van der Waals surface area contributed by atoms with E-state index in [1.165, 1.54) is 17.8 Å². The lowest BCUT2D eigenvalue weighted by molar-refractivity contribution is 0.602. The van der Waals surface area contributed by atoms with E-state index in [2.05, 4.69) is 9.59 Å². The molecule has 0 atom stereocenters. The van der Waals surface area contributed by atoms with Crippen molar-refractivity contribution in [2.75, 3.05) is 6.26 Å². The molecule has 0 fully saturated rings. The number of nitrogens with zero attached hydrogens (tertiary/aromatic N) is 2. The second-order valence-electron chi connectivity index (χ2n) is 4.61. The maximum atomic E-state index is 11.5. The molecule has 0 N–H and O–H groups in total. The maximum absolute atomic E-state index is 11.5. The Hall–Kier alpha value is -2.05. The molecule has 6 heteroatoms. The van der Waals surface area contributed by atoms with E-state index < -0.39 is 9.84 Å². The standard InChI is InChI=1S/C15H12N2O2S2/c1-21(18,19)13-9-7-11(8-10-13)14-15(20-17-16-14)12-5-3-2-4-6-12/h2-10H,1H3. The van der Waals surface area contributed by atoms with Crippen molar-refractivity contribution in [3.63, 3.8) is 0 Å². The normalized spacial score (nSPS) is 11.5. The van der Waals surface area contributed by atoms with Gasteiger partial charge >= 0.3 is 0 Å². The molecule has 106 valence electrons. The van der Waals surface area contributed by atoms with Gasteiger partial charge in [-0.3, -0.25) is 0 Å². The van der Waals surface area contributed by atoms with Crippen molar-refractivity contribution in [1.29, 1.82) is 0 Å². The Morgan fingerprint density at radius 2 is 1.57 bits per heavy atom. The highest BCUT2D eigenvalue weighted by Gasteiger charge is 2.13. The van der Waals surface area contributed by atoms with Crippen LogP contribution in [0.2, 0.25) is 0 Å². The third-order valence-corrected chi connectivity index (χ3v) is 4.98. The van der Waals surface area contributed by atoms with Crippen molar-refractivity contribution in [3.8, 4) is 21.7 Å². The molecule has 21 heavy (non-hydrogen) atoms. The fourth-order valence-electron chi connectivity index (χ4n) is 2.02. The molecule has 0 aliphatic rings. The topological polar surface area (TPSA) is 59.9 Å². The van der Waals surface area contributed by atoms with Crippen LogP contribution >= 0.6 is 11.5 Å². The van der Waals surface area contributed by atoms with Crippen LogP contribution in [0.1, 0.15) is 0 Å². The van der Waals surface area contributed by atoms with E-state index in [1.807, 2.05) is 30.3 Å². The van der Waals surface area contributed by atoms with Crippen molar-refractivity contribution in [1.82, 2.24) is 9.59 Å². The molecule has 0 saturated carbocycles. The summed E-state index contributed by atoms with van der Waals surface area (Å²) < 4.78 is 27.0. The maximum Gasteiger partial charge on any atom is 0.175 e. The van der Waals surface area contributed by atoms with Gasteiger partial charge in [0.1, 0.15) is 5.69 Å². The molecule has 0 aliphatic heterocycles. The lowest BCUT2D eigenvalue weighted by Gasteiger charge is -2.03. The molecule has 1 heterocycles. The summed E-state index contributed by atoms with van der Waals surface area (Å²) in [5.41, 5.74) is 2.68. The smallest absolute Gasteiger partial charge is 0.175 e. The van der Waals surface area contributed by atoms with Crippen LogP contribution in [0.15, 0.2) is 59.5 Å². The van der Waals surface area contributed by atoms with Crippen LogP contribution in [0.3, 0.4) is 0 Å². The Morgan fingerprint density at radius 3 is 2.19 bits per heavy atom. The van der Waals surface area contributed by atoms with Gasteiger partial charge in [0.25, 0.3) is 0 Å². The Morgan fingerprint density at radius 1 is 0.905 bits per heavy atom. The number of rotatable bonds is 3. The quantitative estimate of drug-likeness (QED) is 0.744. The minimum atomic E-state index is -3.18. The number of aromatic nitrogens is 2. The minimum absolute atomic E-state index is 0.302. The van der Waals surface area contributed by atoms with E-state index in [9.17, 15) is 8.42 Å². The van der Waals surface area contributed by atoms with E-state index >= 15 is 0 Å². The van der Waals surface area contributed by atoms with Crippen LogP contribution in [0.5, 0.6) is 0 Å². The molecule has 1 aromatic heterocycles. The molecule has 3 rings (SSSR count). The molecular weight excluding hydrogens is 304 g/mol. The highest BCUT2D eigenvalue weighted by molar-refractivity contribution is 7.90. The average Bonchev–Trinajstić information content (AvgIpc) is 2.97. The van der Waals surface area contributed by atoms with E-state index in [4.69, 9.17) is 0 Å². The van der Waals surface area contributed by atoms with Gasteiger partial charge in [-0.2, -0.15) is 0 Å². The summed E-state index contributed by atoms with van der Waals surface area (Å²) in [5.74, 6) is 0. The van der Waals surface area contributed by atoms with Crippen LogP contribution < -0.4 is 0 Å². The third-order valence-electron chi connectivity index (χ3n) is 3.08. The number of benzene rings is 2. The summed E-state index contributed by atoms with van der Waals surface area (Å²) in [5, 5.41) is 4.17. The van der Waals surface area contributed by atoms with Gasteiger partial charge in [-0.25, -0.2) is 8.42 Å². The van der Waals surface area contributed by atoms with Crippen molar-refractivity contribution in [3.05, 3.63) is 54.6 Å². The molecule has 4 nitrogen and oxygen atoms in total. The second-order valence-corrected chi connectivity index (χ2v) is 7.38. The van der Waals surface area contributed by atoms with Crippen LogP contribution in [0.4, 0.5) is 0 Å². The van der Waals surface area contributed by atoms with E-state index in [1.54, 1.807) is 24.3 Å². The van der Waals surface area contributed by atoms with Crippen molar-refractivity contribution in [2.24, 2.45) is 0 Å². The summed E-state index contributed by atoms with van der Waals surface area (Å²) >= 11 is 1.33. The number of hydrogen-bond acceptors (Lipinski definition) is 5. The highest BCUT2D eigenvalue weighted by Crippen LogP contribution is 2.33. The van der Waals surface area contributed by atoms with Crippen LogP contribution in [0, 0.1) is 0 Å². The highest BCUT2D eigenvalue weighted by atomic mass is 32.2. The zero-order valence-electron chi connectivity index (χ0n) is 11.2. The Kier molecular flexibility index (Phi) is 3.57. The molecule has 0 radical (unpaired) electrons. The Labute approximate surface area is 127 Å². The van der Waals surface area contributed by atoms with Crippen LogP contribution in [0.25, 0.3) is 21.7 Å². The predicted molar refractivity (Wildman–Crippen MR) is 83.9 cm³/mol.